The van der Waals surface area contributed by atoms with Crippen molar-refractivity contribution < 1.29 is 4.79 Å². The Morgan fingerprint density at radius 1 is 1.42 bits per heavy atom. The zero-order valence-corrected chi connectivity index (χ0v) is 7.47. The van der Waals surface area contributed by atoms with E-state index in [2.05, 4.69) is 11.9 Å². The second kappa shape index (κ2) is 4.75. The molecule has 1 aromatic heterocycles. The van der Waals surface area contributed by atoms with E-state index in [1.807, 2.05) is 6.20 Å². The van der Waals surface area contributed by atoms with Gasteiger partial charge in [-0.05, 0) is 18.4 Å². The summed E-state index contributed by atoms with van der Waals surface area (Å²) < 4.78 is 0. The van der Waals surface area contributed by atoms with Crippen molar-refractivity contribution >= 4 is 6.29 Å². The molecule has 1 aromatic rings. The number of H-pyrrole nitrogens is 1. The first-order chi connectivity index (χ1) is 5.88. The van der Waals surface area contributed by atoms with Gasteiger partial charge in [-0.2, -0.15) is 0 Å². The number of unbranched alkanes of at least 4 members (excludes halogenated alkanes) is 2. The third-order valence-corrected chi connectivity index (χ3v) is 2.04. The van der Waals surface area contributed by atoms with Crippen LogP contribution < -0.4 is 0 Å². The van der Waals surface area contributed by atoms with Gasteiger partial charge in [0.05, 0.1) is 0 Å². The smallest absolute Gasteiger partial charge is 0.151 e. The van der Waals surface area contributed by atoms with E-state index in [1.54, 1.807) is 6.20 Å². The molecule has 0 aromatic carbocycles. The minimum Gasteiger partial charge on any atom is -0.367 e. The third kappa shape index (κ3) is 2.22. The molecule has 66 valence electrons. The Kier molecular flexibility index (Phi) is 3.58. The highest BCUT2D eigenvalue weighted by Gasteiger charge is 2.00. The van der Waals surface area contributed by atoms with Gasteiger partial charge in [0.15, 0.2) is 6.29 Å². The number of rotatable bonds is 5. The van der Waals surface area contributed by atoms with E-state index < -0.39 is 0 Å². The molecule has 2 nitrogen and oxygen atoms in total. The van der Waals surface area contributed by atoms with Crippen LogP contribution in [0.4, 0.5) is 0 Å². The van der Waals surface area contributed by atoms with Gasteiger partial charge < -0.3 is 4.98 Å². The fraction of sp³-hybridized carbons (Fsp3) is 0.500. The predicted molar refractivity (Wildman–Crippen MR) is 49.4 cm³/mol. The third-order valence-electron chi connectivity index (χ3n) is 2.04. The minimum atomic E-state index is 0.811. The van der Waals surface area contributed by atoms with E-state index in [-0.39, 0.29) is 0 Å². The molecule has 0 amide bonds. The molecule has 1 heterocycles. The van der Waals surface area contributed by atoms with E-state index in [0.717, 1.165) is 23.8 Å². The number of aromatic nitrogens is 1. The molecule has 0 saturated heterocycles. The Hall–Kier alpha value is -1.05. The van der Waals surface area contributed by atoms with E-state index in [0.29, 0.717) is 0 Å². The van der Waals surface area contributed by atoms with Crippen LogP contribution in [0.15, 0.2) is 12.4 Å². The number of aryl methyl sites for hydroxylation is 1. The SMILES string of the molecule is CCCCCc1c[nH]cc1C=O. The van der Waals surface area contributed by atoms with Crippen molar-refractivity contribution in [3.63, 3.8) is 0 Å². The van der Waals surface area contributed by atoms with Crippen molar-refractivity contribution in [1.29, 1.82) is 0 Å². The maximum atomic E-state index is 10.5. The predicted octanol–water partition coefficient (Wildman–Crippen LogP) is 2.56. The van der Waals surface area contributed by atoms with Crippen molar-refractivity contribution in [2.75, 3.05) is 0 Å². The second-order valence-electron chi connectivity index (χ2n) is 3.01. The summed E-state index contributed by atoms with van der Waals surface area (Å²) in [7, 11) is 0. The summed E-state index contributed by atoms with van der Waals surface area (Å²) in [6.45, 7) is 2.18. The molecule has 0 radical (unpaired) electrons. The molecule has 12 heavy (non-hydrogen) atoms. The van der Waals surface area contributed by atoms with Crippen LogP contribution in [-0.2, 0) is 6.42 Å². The summed E-state index contributed by atoms with van der Waals surface area (Å²) in [6.07, 6.45) is 9.25. The maximum Gasteiger partial charge on any atom is 0.151 e. The molecule has 0 spiro atoms. The van der Waals surface area contributed by atoms with Crippen molar-refractivity contribution in [3.05, 3.63) is 23.5 Å². The lowest BCUT2D eigenvalue weighted by molar-refractivity contribution is 0.112. The number of aromatic amines is 1. The molecule has 0 unspecified atom stereocenters. The average Bonchev–Trinajstić information content (AvgIpc) is 2.52. The van der Waals surface area contributed by atoms with E-state index in [4.69, 9.17) is 0 Å². The molecular formula is C10H15NO. The van der Waals surface area contributed by atoms with Crippen molar-refractivity contribution in [2.45, 2.75) is 32.6 Å². The lowest BCUT2D eigenvalue weighted by atomic mass is 10.1. The normalized spacial score (nSPS) is 10.1. The maximum absolute atomic E-state index is 10.5. The zero-order chi connectivity index (χ0) is 8.81. The standard InChI is InChI=1S/C10H15NO/c1-2-3-4-5-9-6-11-7-10(9)8-12/h6-8,11H,2-5H2,1H3. The highest BCUT2D eigenvalue weighted by atomic mass is 16.1. The summed E-state index contributed by atoms with van der Waals surface area (Å²) in [6, 6.07) is 0. The van der Waals surface area contributed by atoms with Crippen LogP contribution in [0.1, 0.15) is 42.1 Å². The quantitative estimate of drug-likeness (QED) is 0.528. The Labute approximate surface area is 73.0 Å². The molecule has 0 fully saturated rings. The van der Waals surface area contributed by atoms with E-state index >= 15 is 0 Å². The number of aldehydes is 1. The summed E-state index contributed by atoms with van der Waals surface area (Å²) in [5.74, 6) is 0. The fourth-order valence-corrected chi connectivity index (χ4v) is 1.30. The molecule has 1 N–H and O–H groups in total. The first kappa shape index (κ1) is 9.04. The Morgan fingerprint density at radius 3 is 2.92 bits per heavy atom. The molecule has 2 heteroatoms. The van der Waals surface area contributed by atoms with Gasteiger partial charge in [-0.25, -0.2) is 0 Å². The van der Waals surface area contributed by atoms with Crippen LogP contribution in [0.5, 0.6) is 0 Å². The Balaban J connectivity index is 2.45. The summed E-state index contributed by atoms with van der Waals surface area (Å²) in [5.41, 5.74) is 1.96. The molecule has 0 atom stereocenters. The molecule has 1 rings (SSSR count). The lowest BCUT2D eigenvalue weighted by Gasteiger charge is -1.96. The van der Waals surface area contributed by atoms with Gasteiger partial charge in [0.1, 0.15) is 0 Å². The fourth-order valence-electron chi connectivity index (χ4n) is 1.30. The molecule has 0 aliphatic rings. The van der Waals surface area contributed by atoms with Gasteiger partial charge in [0, 0.05) is 18.0 Å². The molecule has 0 aliphatic carbocycles. The number of hydrogen-bond acceptors (Lipinski definition) is 1. The monoisotopic (exact) mass is 165 g/mol. The van der Waals surface area contributed by atoms with Crippen LogP contribution in [0.3, 0.4) is 0 Å². The summed E-state index contributed by atoms with van der Waals surface area (Å²) in [5, 5.41) is 0. The van der Waals surface area contributed by atoms with Gasteiger partial charge in [0.25, 0.3) is 0 Å². The highest BCUT2D eigenvalue weighted by molar-refractivity contribution is 5.76. The first-order valence-corrected chi connectivity index (χ1v) is 4.49. The van der Waals surface area contributed by atoms with Crippen LogP contribution in [0.25, 0.3) is 0 Å². The van der Waals surface area contributed by atoms with Crippen LogP contribution in [-0.4, -0.2) is 11.3 Å². The second-order valence-corrected chi connectivity index (χ2v) is 3.01. The van der Waals surface area contributed by atoms with Crippen LogP contribution >= 0.6 is 0 Å². The van der Waals surface area contributed by atoms with Gasteiger partial charge in [-0.15, -0.1) is 0 Å². The van der Waals surface area contributed by atoms with Crippen molar-refractivity contribution in [2.24, 2.45) is 0 Å². The summed E-state index contributed by atoms with van der Waals surface area (Å²) in [4.78, 5) is 13.4. The van der Waals surface area contributed by atoms with E-state index in [9.17, 15) is 4.79 Å². The van der Waals surface area contributed by atoms with Crippen LogP contribution in [0, 0.1) is 0 Å². The number of nitrogens with one attached hydrogen (secondary N) is 1. The van der Waals surface area contributed by atoms with Gasteiger partial charge in [0.2, 0.25) is 0 Å². The zero-order valence-electron chi connectivity index (χ0n) is 7.47. The average molecular weight is 165 g/mol. The van der Waals surface area contributed by atoms with Crippen molar-refractivity contribution in [3.8, 4) is 0 Å². The largest absolute Gasteiger partial charge is 0.367 e. The molecule has 0 saturated carbocycles. The minimum absolute atomic E-state index is 0.811. The van der Waals surface area contributed by atoms with Gasteiger partial charge in [-0.3, -0.25) is 4.79 Å². The molecular weight excluding hydrogens is 150 g/mol. The number of carbonyl (C=O) groups excluding carboxylic acids is 1. The van der Waals surface area contributed by atoms with E-state index in [1.165, 1.54) is 19.3 Å². The molecule has 0 bridgehead atoms. The highest BCUT2D eigenvalue weighted by Crippen LogP contribution is 2.09. The van der Waals surface area contributed by atoms with Crippen molar-refractivity contribution in [1.82, 2.24) is 4.98 Å². The topological polar surface area (TPSA) is 32.9 Å². The summed E-state index contributed by atoms with van der Waals surface area (Å²) >= 11 is 0. The Bertz CT molecular complexity index is 240. The number of hydrogen-bond donors (Lipinski definition) is 1. The molecule has 0 aliphatic heterocycles. The van der Waals surface area contributed by atoms with Gasteiger partial charge >= 0.3 is 0 Å². The Morgan fingerprint density at radius 2 is 2.25 bits per heavy atom. The van der Waals surface area contributed by atoms with Gasteiger partial charge in [-0.1, -0.05) is 19.8 Å². The lowest BCUT2D eigenvalue weighted by Crippen LogP contribution is -1.87. The first-order valence-electron chi connectivity index (χ1n) is 4.49. The number of carbonyl (C=O) groups is 1. The van der Waals surface area contributed by atoms with Crippen LogP contribution in [0.2, 0.25) is 0 Å².